The Morgan fingerprint density at radius 1 is 1.47 bits per heavy atom. The van der Waals surface area contributed by atoms with E-state index in [4.69, 9.17) is 20.9 Å². The lowest BCUT2D eigenvalue weighted by Crippen LogP contribution is -2.03. The van der Waals surface area contributed by atoms with Crippen LogP contribution >= 0.6 is 11.6 Å². The molecule has 1 N–H and O–H groups in total. The second-order valence-corrected chi connectivity index (χ2v) is 4.48. The Kier molecular flexibility index (Phi) is 4.76. The van der Waals surface area contributed by atoms with E-state index in [1.165, 1.54) is 0 Å². The van der Waals surface area contributed by atoms with E-state index in [1.54, 1.807) is 7.11 Å². The summed E-state index contributed by atoms with van der Waals surface area (Å²) in [7, 11) is 1.63. The predicted molar refractivity (Wildman–Crippen MR) is 73.1 cm³/mol. The summed E-state index contributed by atoms with van der Waals surface area (Å²) in [6.45, 7) is 2.46. The Hall–Kier alpha value is -1.59. The molecule has 0 aliphatic heterocycles. The minimum absolute atomic E-state index is 0.122. The van der Waals surface area contributed by atoms with Crippen LogP contribution < -0.4 is 5.32 Å². The monoisotopic (exact) mass is 281 g/mol. The number of rotatable bonds is 6. The number of aromatic nitrogens is 2. The Labute approximate surface area is 116 Å². The van der Waals surface area contributed by atoms with Gasteiger partial charge < -0.3 is 14.6 Å². The molecule has 6 heteroatoms. The van der Waals surface area contributed by atoms with Gasteiger partial charge in [-0.2, -0.15) is 4.98 Å². The van der Waals surface area contributed by atoms with Crippen molar-refractivity contribution in [2.24, 2.45) is 0 Å². The van der Waals surface area contributed by atoms with Crippen LogP contribution in [-0.2, 0) is 11.3 Å². The highest BCUT2D eigenvalue weighted by Gasteiger charge is 2.15. The smallest absolute Gasteiger partial charge is 0.246 e. The maximum atomic E-state index is 5.90. The number of nitrogens with one attached hydrogen (secondary N) is 1. The lowest BCUT2D eigenvalue weighted by Gasteiger charge is -2.06. The molecule has 1 unspecified atom stereocenters. The highest BCUT2D eigenvalue weighted by molar-refractivity contribution is 6.30. The van der Waals surface area contributed by atoms with Crippen molar-refractivity contribution >= 4 is 17.3 Å². The van der Waals surface area contributed by atoms with Crippen LogP contribution in [0.1, 0.15) is 31.2 Å². The number of hydrogen-bond donors (Lipinski definition) is 1. The molecule has 0 saturated carbocycles. The van der Waals surface area contributed by atoms with Gasteiger partial charge in [-0.25, -0.2) is 0 Å². The second kappa shape index (κ2) is 6.54. The van der Waals surface area contributed by atoms with E-state index in [0.29, 0.717) is 23.3 Å². The molecule has 1 atom stereocenters. The van der Waals surface area contributed by atoms with Gasteiger partial charge in [0.2, 0.25) is 11.7 Å². The first kappa shape index (κ1) is 13.8. The summed E-state index contributed by atoms with van der Waals surface area (Å²) in [5, 5.41) is 7.76. The van der Waals surface area contributed by atoms with Crippen molar-refractivity contribution in [3.8, 4) is 0 Å². The molecule has 0 aliphatic rings. The maximum absolute atomic E-state index is 5.90. The molecule has 1 aromatic heterocycles. The zero-order valence-corrected chi connectivity index (χ0v) is 11.6. The molecule has 2 rings (SSSR count). The molecule has 0 amide bonds. The fraction of sp³-hybridized carbons (Fsp3) is 0.385. The molecule has 1 aromatic carbocycles. The molecule has 0 saturated heterocycles. The van der Waals surface area contributed by atoms with E-state index in [1.807, 2.05) is 31.2 Å². The van der Waals surface area contributed by atoms with Crippen molar-refractivity contribution < 1.29 is 9.26 Å². The number of hydrogen-bond acceptors (Lipinski definition) is 5. The SMILES string of the molecule is CCC(OC)c1noc(CNc2cccc(Cl)c2)n1. The number of methoxy groups -OCH3 is 1. The lowest BCUT2D eigenvalue weighted by molar-refractivity contribution is 0.0903. The van der Waals surface area contributed by atoms with Gasteiger partial charge in [0.1, 0.15) is 6.10 Å². The van der Waals surface area contributed by atoms with Gasteiger partial charge in [0.05, 0.1) is 6.54 Å². The topological polar surface area (TPSA) is 60.2 Å². The van der Waals surface area contributed by atoms with Crippen LogP contribution in [0, 0.1) is 0 Å². The number of halogens is 1. The summed E-state index contributed by atoms with van der Waals surface area (Å²) in [6.07, 6.45) is 0.681. The van der Waals surface area contributed by atoms with E-state index in [2.05, 4.69) is 15.5 Å². The molecule has 102 valence electrons. The van der Waals surface area contributed by atoms with Crippen LogP contribution in [-0.4, -0.2) is 17.3 Å². The van der Waals surface area contributed by atoms with Gasteiger partial charge in [0, 0.05) is 17.8 Å². The van der Waals surface area contributed by atoms with Crippen LogP contribution in [0.25, 0.3) is 0 Å². The zero-order chi connectivity index (χ0) is 13.7. The second-order valence-electron chi connectivity index (χ2n) is 4.04. The quantitative estimate of drug-likeness (QED) is 0.879. The largest absolute Gasteiger partial charge is 0.376 e. The van der Waals surface area contributed by atoms with Crippen molar-refractivity contribution in [1.82, 2.24) is 10.1 Å². The van der Waals surface area contributed by atoms with Gasteiger partial charge in [-0.05, 0) is 24.6 Å². The first-order valence-corrected chi connectivity index (χ1v) is 6.45. The van der Waals surface area contributed by atoms with Gasteiger partial charge >= 0.3 is 0 Å². The van der Waals surface area contributed by atoms with Crippen LogP contribution in [0.3, 0.4) is 0 Å². The van der Waals surface area contributed by atoms with E-state index < -0.39 is 0 Å². The standard InChI is InChI=1S/C13H16ClN3O2/c1-3-11(18-2)13-16-12(19-17-13)8-15-10-6-4-5-9(14)7-10/h4-7,11,15H,3,8H2,1-2H3. The van der Waals surface area contributed by atoms with Crippen molar-refractivity contribution in [2.45, 2.75) is 26.0 Å². The minimum Gasteiger partial charge on any atom is -0.376 e. The minimum atomic E-state index is -0.122. The van der Waals surface area contributed by atoms with Crippen LogP contribution in [0.5, 0.6) is 0 Å². The molecular weight excluding hydrogens is 266 g/mol. The van der Waals surface area contributed by atoms with Crippen LogP contribution in [0.2, 0.25) is 5.02 Å². The first-order valence-electron chi connectivity index (χ1n) is 6.07. The highest BCUT2D eigenvalue weighted by Crippen LogP contribution is 2.18. The molecular formula is C13H16ClN3O2. The summed E-state index contributed by atoms with van der Waals surface area (Å²) in [4.78, 5) is 4.29. The molecule has 0 spiro atoms. The Balaban J connectivity index is 1.97. The number of benzene rings is 1. The van der Waals surface area contributed by atoms with Crippen molar-refractivity contribution in [3.63, 3.8) is 0 Å². The van der Waals surface area contributed by atoms with Crippen LogP contribution in [0.4, 0.5) is 5.69 Å². The fourth-order valence-electron chi connectivity index (χ4n) is 1.70. The Morgan fingerprint density at radius 3 is 3.00 bits per heavy atom. The van der Waals surface area contributed by atoms with E-state index in [0.717, 1.165) is 12.1 Å². The van der Waals surface area contributed by atoms with Gasteiger partial charge in [-0.15, -0.1) is 0 Å². The normalized spacial score (nSPS) is 12.4. The molecule has 5 nitrogen and oxygen atoms in total. The average Bonchev–Trinajstić information content (AvgIpc) is 2.87. The van der Waals surface area contributed by atoms with Crippen LogP contribution in [0.15, 0.2) is 28.8 Å². The third-order valence-corrected chi connectivity index (χ3v) is 2.93. The van der Waals surface area contributed by atoms with E-state index in [-0.39, 0.29) is 6.10 Å². The van der Waals surface area contributed by atoms with Crippen molar-refractivity contribution in [3.05, 3.63) is 41.0 Å². The summed E-state index contributed by atoms with van der Waals surface area (Å²) in [5.74, 6) is 1.10. The van der Waals surface area contributed by atoms with Gasteiger partial charge in [-0.1, -0.05) is 29.7 Å². The summed E-state index contributed by atoms with van der Waals surface area (Å²) in [6, 6.07) is 7.46. The molecule has 1 heterocycles. The Morgan fingerprint density at radius 2 is 2.32 bits per heavy atom. The third kappa shape index (κ3) is 3.68. The molecule has 0 radical (unpaired) electrons. The lowest BCUT2D eigenvalue weighted by atomic mass is 10.2. The fourth-order valence-corrected chi connectivity index (χ4v) is 1.89. The summed E-state index contributed by atoms with van der Waals surface area (Å²) < 4.78 is 10.4. The predicted octanol–water partition coefficient (Wildman–Crippen LogP) is 3.43. The van der Waals surface area contributed by atoms with Crippen molar-refractivity contribution in [2.75, 3.05) is 12.4 Å². The molecule has 0 aliphatic carbocycles. The summed E-state index contributed by atoms with van der Waals surface area (Å²) in [5.41, 5.74) is 0.908. The van der Waals surface area contributed by atoms with Gasteiger partial charge in [0.15, 0.2) is 0 Å². The average molecular weight is 282 g/mol. The van der Waals surface area contributed by atoms with Gasteiger partial charge in [0.25, 0.3) is 0 Å². The highest BCUT2D eigenvalue weighted by atomic mass is 35.5. The number of ether oxygens (including phenoxy) is 1. The molecule has 0 bridgehead atoms. The first-order chi connectivity index (χ1) is 9.22. The van der Waals surface area contributed by atoms with E-state index >= 15 is 0 Å². The molecule has 19 heavy (non-hydrogen) atoms. The maximum Gasteiger partial charge on any atom is 0.246 e. The zero-order valence-electron chi connectivity index (χ0n) is 10.9. The van der Waals surface area contributed by atoms with E-state index in [9.17, 15) is 0 Å². The number of anilines is 1. The third-order valence-electron chi connectivity index (χ3n) is 2.70. The van der Waals surface area contributed by atoms with Gasteiger partial charge in [-0.3, -0.25) is 0 Å². The van der Waals surface area contributed by atoms with Crippen molar-refractivity contribution in [1.29, 1.82) is 0 Å². The Bertz CT molecular complexity index is 526. The molecule has 2 aromatic rings. The number of nitrogens with zero attached hydrogens (tertiary/aromatic N) is 2. The molecule has 0 fully saturated rings. The summed E-state index contributed by atoms with van der Waals surface area (Å²) >= 11 is 5.90.